The number of hydrogen-bond acceptors (Lipinski definition) is 4. The van der Waals surface area contributed by atoms with Crippen LogP contribution in [-0.4, -0.2) is 31.3 Å². The molecule has 0 atom stereocenters. The lowest BCUT2D eigenvalue weighted by Crippen LogP contribution is -2.10. The van der Waals surface area contributed by atoms with Gasteiger partial charge >= 0.3 is 5.97 Å². The molecule has 0 unspecified atom stereocenters. The van der Waals surface area contributed by atoms with E-state index in [4.69, 9.17) is 15.2 Å². The molecule has 2 rings (SSSR count). The van der Waals surface area contributed by atoms with Gasteiger partial charge in [0.15, 0.2) is 0 Å². The quantitative estimate of drug-likeness (QED) is 0.816. The summed E-state index contributed by atoms with van der Waals surface area (Å²) in [5.41, 5.74) is 7.76. The Hall–Kier alpha value is -2.01. The van der Waals surface area contributed by atoms with Crippen molar-refractivity contribution in [2.75, 3.05) is 20.8 Å². The first kappa shape index (κ1) is 14.4. The summed E-state index contributed by atoms with van der Waals surface area (Å²) < 4.78 is 11.9. The molecule has 0 aliphatic rings. The predicted octanol–water partition coefficient (Wildman–Crippen LogP) is 1.71. The molecule has 0 saturated carbocycles. The number of nitrogens with zero attached hydrogens (tertiary/aromatic N) is 1. The third-order valence-electron chi connectivity index (χ3n) is 3.35. The molecule has 20 heavy (non-hydrogen) atoms. The number of carbonyl (C=O) groups is 1. The lowest BCUT2D eigenvalue weighted by molar-refractivity contribution is -0.141. The predicted molar refractivity (Wildman–Crippen MR) is 77.9 cm³/mol. The first-order valence-corrected chi connectivity index (χ1v) is 6.62. The normalized spacial score (nSPS) is 10.8. The molecule has 1 aromatic heterocycles. The lowest BCUT2D eigenvalue weighted by atomic mass is 10.1. The fourth-order valence-electron chi connectivity index (χ4n) is 2.30. The van der Waals surface area contributed by atoms with Gasteiger partial charge in [-0.3, -0.25) is 4.79 Å². The van der Waals surface area contributed by atoms with Crippen LogP contribution in [0.3, 0.4) is 0 Å². The van der Waals surface area contributed by atoms with Gasteiger partial charge in [-0.15, -0.1) is 0 Å². The van der Waals surface area contributed by atoms with E-state index >= 15 is 0 Å². The average molecular weight is 276 g/mol. The summed E-state index contributed by atoms with van der Waals surface area (Å²) in [4.78, 5) is 11.5. The Kier molecular flexibility index (Phi) is 4.63. The number of hydrogen-bond donors (Lipinski definition) is 1. The van der Waals surface area contributed by atoms with Crippen molar-refractivity contribution in [3.8, 4) is 5.75 Å². The Morgan fingerprint density at radius 3 is 2.80 bits per heavy atom. The number of esters is 1. The van der Waals surface area contributed by atoms with Crippen molar-refractivity contribution in [1.82, 2.24) is 4.57 Å². The molecule has 5 heteroatoms. The number of nitrogens with two attached hydrogens (primary N) is 1. The molecule has 0 radical (unpaired) electrons. The topological polar surface area (TPSA) is 66.5 Å². The second-order valence-electron chi connectivity index (χ2n) is 4.63. The van der Waals surface area contributed by atoms with E-state index in [1.807, 2.05) is 29.0 Å². The molecule has 2 N–H and O–H groups in total. The van der Waals surface area contributed by atoms with Crippen molar-refractivity contribution in [1.29, 1.82) is 0 Å². The van der Waals surface area contributed by atoms with Gasteiger partial charge in [0.05, 0.1) is 14.2 Å². The van der Waals surface area contributed by atoms with Crippen LogP contribution >= 0.6 is 0 Å². The van der Waals surface area contributed by atoms with Gasteiger partial charge < -0.3 is 19.8 Å². The first-order chi connectivity index (χ1) is 9.69. The molecule has 0 bridgehead atoms. The van der Waals surface area contributed by atoms with Gasteiger partial charge in [0, 0.05) is 17.1 Å². The minimum absolute atomic E-state index is 0.210. The van der Waals surface area contributed by atoms with E-state index in [1.165, 1.54) is 12.7 Å². The lowest BCUT2D eigenvalue weighted by Gasteiger charge is -2.04. The zero-order valence-electron chi connectivity index (χ0n) is 11.9. The zero-order chi connectivity index (χ0) is 14.5. The molecule has 5 nitrogen and oxygen atoms in total. The molecule has 0 saturated heterocycles. The van der Waals surface area contributed by atoms with Crippen molar-refractivity contribution >= 4 is 16.9 Å². The summed E-state index contributed by atoms with van der Waals surface area (Å²) >= 11 is 0. The van der Waals surface area contributed by atoms with Crippen LogP contribution in [0.15, 0.2) is 24.4 Å². The van der Waals surface area contributed by atoms with Crippen LogP contribution in [0.4, 0.5) is 0 Å². The molecule has 108 valence electrons. The third-order valence-corrected chi connectivity index (χ3v) is 3.35. The number of benzene rings is 1. The van der Waals surface area contributed by atoms with Crippen LogP contribution in [0.5, 0.6) is 5.75 Å². The summed E-state index contributed by atoms with van der Waals surface area (Å²) in [5, 5.41) is 1.10. The second kappa shape index (κ2) is 6.43. The Morgan fingerprint density at radius 1 is 1.35 bits per heavy atom. The van der Waals surface area contributed by atoms with E-state index in [9.17, 15) is 4.79 Å². The summed E-state index contributed by atoms with van der Waals surface area (Å²) in [6, 6.07) is 5.85. The van der Waals surface area contributed by atoms with E-state index in [0.717, 1.165) is 29.5 Å². The number of fused-ring (bicyclic) bond motifs is 1. The highest BCUT2D eigenvalue weighted by atomic mass is 16.5. The minimum atomic E-state index is -0.261. The Bertz CT molecular complexity index is 604. The highest BCUT2D eigenvalue weighted by Crippen LogP contribution is 2.27. The average Bonchev–Trinajstić information content (AvgIpc) is 2.82. The second-order valence-corrected chi connectivity index (χ2v) is 4.63. The maximum atomic E-state index is 11.5. The summed E-state index contributed by atoms with van der Waals surface area (Å²) in [5.74, 6) is 0.547. The molecule has 2 aromatic rings. The van der Waals surface area contributed by atoms with Gasteiger partial charge in [-0.25, -0.2) is 0 Å². The van der Waals surface area contributed by atoms with Gasteiger partial charge in [0.1, 0.15) is 12.3 Å². The molecular weight excluding hydrogens is 256 g/mol. The molecule has 1 aromatic carbocycles. The Balaban J connectivity index is 2.44. The van der Waals surface area contributed by atoms with Gasteiger partial charge in [-0.2, -0.15) is 0 Å². The van der Waals surface area contributed by atoms with Gasteiger partial charge in [0.2, 0.25) is 0 Å². The Labute approximate surface area is 118 Å². The molecule has 1 heterocycles. The van der Waals surface area contributed by atoms with Crippen LogP contribution in [0, 0.1) is 0 Å². The maximum absolute atomic E-state index is 11.5. The fraction of sp³-hybridized carbons (Fsp3) is 0.400. The van der Waals surface area contributed by atoms with Crippen molar-refractivity contribution < 1.29 is 14.3 Å². The van der Waals surface area contributed by atoms with E-state index in [-0.39, 0.29) is 12.5 Å². The van der Waals surface area contributed by atoms with Crippen LogP contribution in [0.1, 0.15) is 12.0 Å². The summed E-state index contributed by atoms with van der Waals surface area (Å²) in [7, 11) is 3.04. The zero-order valence-corrected chi connectivity index (χ0v) is 11.9. The maximum Gasteiger partial charge on any atom is 0.325 e. The van der Waals surface area contributed by atoms with E-state index in [0.29, 0.717) is 6.54 Å². The standard InChI is InChI=1S/C15H20N2O3/c1-19-12-5-6-14-13(8-12)11(4-3-7-16)9-17(14)10-15(18)20-2/h5-6,8-9H,3-4,7,10,16H2,1-2H3. The van der Waals surface area contributed by atoms with E-state index in [2.05, 4.69) is 0 Å². The minimum Gasteiger partial charge on any atom is -0.497 e. The van der Waals surface area contributed by atoms with Crippen molar-refractivity contribution in [2.24, 2.45) is 5.73 Å². The first-order valence-electron chi connectivity index (χ1n) is 6.62. The number of aryl methyl sites for hydroxylation is 1. The number of rotatable bonds is 6. The summed E-state index contributed by atoms with van der Waals surface area (Å²) in [6.45, 7) is 0.857. The fourth-order valence-corrected chi connectivity index (χ4v) is 2.30. The summed E-state index contributed by atoms with van der Waals surface area (Å²) in [6.07, 6.45) is 3.79. The number of methoxy groups -OCH3 is 2. The van der Waals surface area contributed by atoms with Crippen molar-refractivity contribution in [3.63, 3.8) is 0 Å². The largest absolute Gasteiger partial charge is 0.497 e. The van der Waals surface area contributed by atoms with Crippen LogP contribution in [-0.2, 0) is 22.5 Å². The number of aromatic nitrogens is 1. The van der Waals surface area contributed by atoms with Crippen LogP contribution in [0.25, 0.3) is 10.9 Å². The Morgan fingerprint density at radius 2 is 2.15 bits per heavy atom. The molecule has 0 spiro atoms. The molecule has 0 amide bonds. The third kappa shape index (κ3) is 2.93. The molecule has 0 aliphatic carbocycles. The molecule has 0 aliphatic heterocycles. The highest BCUT2D eigenvalue weighted by Gasteiger charge is 2.12. The monoisotopic (exact) mass is 276 g/mol. The molecular formula is C15H20N2O3. The smallest absolute Gasteiger partial charge is 0.325 e. The number of carbonyl (C=O) groups excluding carboxylic acids is 1. The van der Waals surface area contributed by atoms with Crippen molar-refractivity contribution in [3.05, 3.63) is 30.0 Å². The molecule has 0 fully saturated rings. The van der Waals surface area contributed by atoms with Gasteiger partial charge in [-0.1, -0.05) is 0 Å². The van der Waals surface area contributed by atoms with E-state index < -0.39 is 0 Å². The van der Waals surface area contributed by atoms with Crippen molar-refractivity contribution in [2.45, 2.75) is 19.4 Å². The number of ether oxygens (including phenoxy) is 2. The van der Waals surface area contributed by atoms with E-state index in [1.54, 1.807) is 7.11 Å². The van der Waals surface area contributed by atoms with Gasteiger partial charge in [0.25, 0.3) is 0 Å². The van der Waals surface area contributed by atoms with Crippen LogP contribution < -0.4 is 10.5 Å². The highest BCUT2D eigenvalue weighted by molar-refractivity contribution is 5.86. The SMILES string of the molecule is COC(=O)Cn1cc(CCCN)c2cc(OC)ccc21. The van der Waals surface area contributed by atoms with Crippen LogP contribution in [0.2, 0.25) is 0 Å². The van der Waals surface area contributed by atoms with Gasteiger partial charge in [-0.05, 0) is 43.1 Å².